The Bertz CT molecular complexity index is 1600. The van der Waals surface area contributed by atoms with E-state index >= 15 is 0 Å². The number of rotatable bonds is 7. The van der Waals surface area contributed by atoms with Crippen LogP contribution in [0, 0.1) is 13.8 Å². The summed E-state index contributed by atoms with van der Waals surface area (Å²) in [5.41, 5.74) is 3.27. The molecular formula is C25H23BrF2N8O. The highest BCUT2D eigenvalue weighted by Crippen LogP contribution is 2.33. The summed E-state index contributed by atoms with van der Waals surface area (Å²) in [6, 6.07) is 11.0. The first kappa shape index (κ1) is 24.8. The van der Waals surface area contributed by atoms with Crippen LogP contribution in [0.25, 0.3) is 22.3 Å². The summed E-state index contributed by atoms with van der Waals surface area (Å²) < 4.78 is 33.6. The maximum absolute atomic E-state index is 14.0. The van der Waals surface area contributed by atoms with Crippen LogP contribution in [0.4, 0.5) is 14.6 Å². The third kappa shape index (κ3) is 5.15. The highest BCUT2D eigenvalue weighted by molar-refractivity contribution is 9.10. The van der Waals surface area contributed by atoms with Gasteiger partial charge in [0.1, 0.15) is 6.54 Å². The van der Waals surface area contributed by atoms with E-state index in [2.05, 4.69) is 41.5 Å². The topological polar surface area (TPSA) is 95.5 Å². The number of anilines is 1. The molecule has 5 rings (SSSR count). The van der Waals surface area contributed by atoms with E-state index in [0.717, 1.165) is 15.7 Å². The molecule has 0 radical (unpaired) electrons. The number of hydrogen-bond acceptors (Lipinski definition) is 5. The summed E-state index contributed by atoms with van der Waals surface area (Å²) in [7, 11) is 1.73. The molecule has 0 atom stereocenters. The van der Waals surface area contributed by atoms with Gasteiger partial charge in [0.25, 0.3) is 6.43 Å². The van der Waals surface area contributed by atoms with Crippen molar-refractivity contribution < 1.29 is 13.6 Å². The Morgan fingerprint density at radius 1 is 1.11 bits per heavy atom. The largest absolute Gasteiger partial charge is 0.308 e. The molecule has 37 heavy (non-hydrogen) atoms. The molecule has 0 aliphatic heterocycles. The lowest BCUT2D eigenvalue weighted by Crippen LogP contribution is -2.20. The molecular weight excluding hydrogens is 546 g/mol. The van der Waals surface area contributed by atoms with Crippen LogP contribution < -0.4 is 5.32 Å². The molecule has 0 aliphatic carbocycles. The summed E-state index contributed by atoms with van der Waals surface area (Å²) >= 11 is 3.43. The van der Waals surface area contributed by atoms with Crippen molar-refractivity contribution in [2.45, 2.75) is 33.4 Å². The number of carbonyl (C=O) groups is 1. The van der Waals surface area contributed by atoms with E-state index in [1.165, 1.54) is 10.7 Å². The normalized spacial score (nSPS) is 11.5. The van der Waals surface area contributed by atoms with E-state index in [0.29, 0.717) is 29.3 Å². The molecule has 0 unspecified atom stereocenters. The number of fused-ring (bicyclic) bond motifs is 1. The molecule has 5 aromatic rings. The summed E-state index contributed by atoms with van der Waals surface area (Å²) in [4.78, 5) is 17.5. The Hall–Kier alpha value is -3.93. The highest BCUT2D eigenvalue weighted by atomic mass is 79.9. The van der Waals surface area contributed by atoms with Gasteiger partial charge in [-0.1, -0.05) is 28.1 Å². The molecule has 0 spiro atoms. The lowest BCUT2D eigenvalue weighted by Gasteiger charge is -2.08. The van der Waals surface area contributed by atoms with E-state index in [9.17, 15) is 13.6 Å². The van der Waals surface area contributed by atoms with Gasteiger partial charge in [0.15, 0.2) is 11.5 Å². The van der Waals surface area contributed by atoms with Gasteiger partial charge in [-0.3, -0.25) is 14.2 Å². The third-order valence-electron chi connectivity index (χ3n) is 5.93. The fourth-order valence-corrected chi connectivity index (χ4v) is 4.45. The van der Waals surface area contributed by atoms with Gasteiger partial charge in [0.2, 0.25) is 5.91 Å². The van der Waals surface area contributed by atoms with Gasteiger partial charge in [0.05, 0.1) is 29.5 Å². The molecule has 4 aromatic heterocycles. The van der Waals surface area contributed by atoms with Crippen LogP contribution in [0.15, 0.2) is 53.3 Å². The molecule has 1 aromatic carbocycles. The lowest BCUT2D eigenvalue weighted by molar-refractivity contribution is -0.116. The number of carbonyl (C=O) groups excluding carboxylic acids is 1. The first-order chi connectivity index (χ1) is 17.7. The van der Waals surface area contributed by atoms with Gasteiger partial charge in [-0.2, -0.15) is 15.3 Å². The zero-order chi connectivity index (χ0) is 26.3. The number of amides is 1. The number of halogens is 3. The van der Waals surface area contributed by atoms with Gasteiger partial charge in [0, 0.05) is 40.6 Å². The molecule has 0 saturated heterocycles. The van der Waals surface area contributed by atoms with Gasteiger partial charge in [-0.15, -0.1) is 0 Å². The number of aryl methyl sites for hydroxylation is 3. The van der Waals surface area contributed by atoms with Crippen molar-refractivity contribution in [1.29, 1.82) is 0 Å². The molecule has 1 N–H and O–H groups in total. The van der Waals surface area contributed by atoms with Crippen molar-refractivity contribution in [3.8, 4) is 11.3 Å². The Morgan fingerprint density at radius 2 is 1.86 bits per heavy atom. The second kappa shape index (κ2) is 9.85. The molecule has 12 heteroatoms. The van der Waals surface area contributed by atoms with Gasteiger partial charge < -0.3 is 5.32 Å². The predicted octanol–water partition coefficient (Wildman–Crippen LogP) is 5.03. The SMILES string of the molecule is Cc1nn(CC(=O)Nc2cc(C)n(Cc3ccc(Br)cc3)n2)c2nc(-c3cnn(C)c3)cc(C(F)F)c12. The molecule has 0 fully saturated rings. The van der Waals surface area contributed by atoms with Crippen LogP contribution in [-0.4, -0.2) is 40.2 Å². The first-order valence-corrected chi connectivity index (χ1v) is 12.2. The number of hydrogen-bond donors (Lipinski definition) is 1. The summed E-state index contributed by atoms with van der Waals surface area (Å²) in [5.74, 6) is -0.00468. The van der Waals surface area contributed by atoms with Crippen molar-refractivity contribution in [1.82, 2.24) is 34.3 Å². The zero-order valence-corrected chi connectivity index (χ0v) is 21.9. The van der Waals surface area contributed by atoms with Crippen molar-refractivity contribution in [3.63, 3.8) is 0 Å². The van der Waals surface area contributed by atoms with Gasteiger partial charge in [-0.25, -0.2) is 18.4 Å². The van der Waals surface area contributed by atoms with E-state index in [4.69, 9.17) is 0 Å². The average Bonchev–Trinajstić information content (AvgIpc) is 3.52. The van der Waals surface area contributed by atoms with Crippen molar-refractivity contribution >= 4 is 38.7 Å². The Kier molecular flexibility index (Phi) is 6.59. The summed E-state index contributed by atoms with van der Waals surface area (Å²) in [6.45, 7) is 3.87. The Labute approximate surface area is 219 Å². The number of alkyl halides is 2. The average molecular weight is 569 g/mol. The lowest BCUT2D eigenvalue weighted by atomic mass is 10.1. The van der Waals surface area contributed by atoms with Gasteiger partial charge >= 0.3 is 0 Å². The maximum Gasteiger partial charge on any atom is 0.264 e. The molecule has 0 aliphatic rings. The minimum atomic E-state index is -2.73. The molecule has 9 nitrogen and oxygen atoms in total. The molecule has 1 amide bonds. The minimum Gasteiger partial charge on any atom is -0.308 e. The second-order valence-electron chi connectivity index (χ2n) is 8.75. The van der Waals surface area contributed by atoms with Crippen LogP contribution in [0.2, 0.25) is 0 Å². The summed E-state index contributed by atoms with van der Waals surface area (Å²) in [6.07, 6.45) is 0.511. The fraction of sp³-hybridized carbons (Fsp3) is 0.240. The van der Waals surface area contributed by atoms with Crippen LogP contribution >= 0.6 is 15.9 Å². The summed E-state index contributed by atoms with van der Waals surface area (Å²) in [5, 5.41) is 16.0. The van der Waals surface area contributed by atoms with Crippen LogP contribution in [0.1, 0.15) is 28.9 Å². The molecule has 0 saturated carbocycles. The zero-order valence-electron chi connectivity index (χ0n) is 20.3. The number of nitrogens with zero attached hydrogens (tertiary/aromatic N) is 7. The van der Waals surface area contributed by atoms with Crippen LogP contribution in [0.3, 0.4) is 0 Å². The maximum atomic E-state index is 14.0. The number of benzene rings is 1. The molecule has 0 bridgehead atoms. The molecule has 190 valence electrons. The van der Waals surface area contributed by atoms with E-state index in [-0.39, 0.29) is 23.1 Å². The van der Waals surface area contributed by atoms with Crippen molar-refractivity contribution in [2.24, 2.45) is 7.05 Å². The first-order valence-electron chi connectivity index (χ1n) is 11.4. The highest BCUT2D eigenvalue weighted by Gasteiger charge is 2.22. The minimum absolute atomic E-state index is 0.185. The van der Waals surface area contributed by atoms with Crippen molar-refractivity contribution in [2.75, 3.05) is 5.32 Å². The quantitative estimate of drug-likeness (QED) is 0.297. The monoisotopic (exact) mass is 568 g/mol. The number of aromatic nitrogens is 7. The fourth-order valence-electron chi connectivity index (χ4n) is 4.18. The molecule has 4 heterocycles. The van der Waals surface area contributed by atoms with E-state index in [1.807, 2.05) is 31.2 Å². The van der Waals surface area contributed by atoms with Gasteiger partial charge in [-0.05, 0) is 37.6 Å². The standard InChI is InChI=1S/C25H23BrF2N8O/c1-14-8-21(33-35(14)11-16-4-6-18(26)7-5-16)31-22(37)13-36-25-23(15(2)32-36)19(24(27)28)9-20(30-25)17-10-29-34(3)12-17/h4-10,12,24H,11,13H2,1-3H3,(H,31,33,37). The smallest absolute Gasteiger partial charge is 0.264 e. The van der Waals surface area contributed by atoms with Crippen LogP contribution in [-0.2, 0) is 24.9 Å². The Morgan fingerprint density at radius 3 is 2.54 bits per heavy atom. The van der Waals surface area contributed by atoms with Crippen molar-refractivity contribution in [3.05, 3.63) is 75.8 Å². The van der Waals surface area contributed by atoms with E-state index in [1.54, 1.807) is 41.8 Å². The second-order valence-corrected chi connectivity index (χ2v) is 9.66. The number of pyridine rings is 1. The predicted molar refractivity (Wildman–Crippen MR) is 138 cm³/mol. The Balaban J connectivity index is 1.40. The third-order valence-corrected chi connectivity index (χ3v) is 6.46. The number of nitrogens with one attached hydrogen (secondary N) is 1. The van der Waals surface area contributed by atoms with Crippen LogP contribution in [0.5, 0.6) is 0 Å². The van der Waals surface area contributed by atoms with E-state index < -0.39 is 12.3 Å².